The molecule has 0 spiro atoms. The highest BCUT2D eigenvalue weighted by molar-refractivity contribution is 5.74. The maximum Gasteiger partial charge on any atom is 0.150 e. The van der Waals surface area contributed by atoms with Crippen LogP contribution < -0.4 is 0 Å². The highest BCUT2D eigenvalue weighted by Crippen LogP contribution is 1.92. The standard InChI is InChI=1S/2C7H6O.C3H8O2/c2*8-6-7-4-2-1-3-5-7;1-3(5)2-4/h2*1-6H;3-5H,2H2,1H3. The summed E-state index contributed by atoms with van der Waals surface area (Å²) in [6.45, 7) is 1.39. The molecule has 1 unspecified atom stereocenters. The fourth-order valence-electron chi connectivity index (χ4n) is 1.06. The maximum absolute atomic E-state index is 10.0. The van der Waals surface area contributed by atoms with Crippen LogP contribution in [-0.2, 0) is 0 Å². The van der Waals surface area contributed by atoms with Gasteiger partial charge in [0.25, 0.3) is 0 Å². The Balaban J connectivity index is 0.000000296. The molecule has 2 aromatic rings. The van der Waals surface area contributed by atoms with E-state index in [0.717, 1.165) is 23.7 Å². The lowest BCUT2D eigenvalue weighted by molar-refractivity contribution is 0.110. The fraction of sp³-hybridized carbons (Fsp3) is 0.176. The van der Waals surface area contributed by atoms with Crippen LogP contribution in [0.2, 0.25) is 0 Å². The zero-order valence-corrected chi connectivity index (χ0v) is 11.9. The second-order valence-electron chi connectivity index (χ2n) is 4.09. The zero-order valence-electron chi connectivity index (χ0n) is 11.9. The highest BCUT2D eigenvalue weighted by atomic mass is 16.3. The summed E-state index contributed by atoms with van der Waals surface area (Å²) < 4.78 is 0. The number of hydrogen-bond acceptors (Lipinski definition) is 4. The van der Waals surface area contributed by atoms with Crippen LogP contribution in [0.1, 0.15) is 27.6 Å². The van der Waals surface area contributed by atoms with E-state index in [1.165, 1.54) is 6.92 Å². The third-order valence-electron chi connectivity index (χ3n) is 2.14. The molecule has 0 aliphatic rings. The van der Waals surface area contributed by atoms with Crippen molar-refractivity contribution in [1.29, 1.82) is 0 Å². The molecule has 4 nitrogen and oxygen atoms in total. The van der Waals surface area contributed by atoms with Crippen molar-refractivity contribution in [2.24, 2.45) is 0 Å². The molecular weight excluding hydrogens is 268 g/mol. The van der Waals surface area contributed by atoms with Gasteiger partial charge >= 0.3 is 0 Å². The number of hydrogen-bond donors (Lipinski definition) is 2. The van der Waals surface area contributed by atoms with E-state index in [2.05, 4.69) is 0 Å². The number of carbonyl (C=O) groups excluding carboxylic acids is 2. The van der Waals surface area contributed by atoms with Crippen LogP contribution in [0.5, 0.6) is 0 Å². The molecule has 2 aromatic carbocycles. The molecule has 1 atom stereocenters. The van der Waals surface area contributed by atoms with Gasteiger partial charge in [-0.15, -0.1) is 0 Å². The van der Waals surface area contributed by atoms with Gasteiger partial charge in [-0.2, -0.15) is 0 Å². The minimum absolute atomic E-state index is 0.139. The summed E-state index contributed by atoms with van der Waals surface area (Å²) in [6.07, 6.45) is 1.11. The topological polar surface area (TPSA) is 74.6 Å². The van der Waals surface area contributed by atoms with E-state index in [0.29, 0.717) is 0 Å². The third kappa shape index (κ3) is 11.2. The van der Waals surface area contributed by atoms with Crippen LogP contribution in [0.3, 0.4) is 0 Å². The molecule has 0 saturated heterocycles. The molecule has 112 valence electrons. The average molecular weight is 288 g/mol. The van der Waals surface area contributed by atoms with Gasteiger partial charge in [0.2, 0.25) is 0 Å². The molecule has 0 aliphatic carbocycles. The monoisotopic (exact) mass is 288 g/mol. The van der Waals surface area contributed by atoms with Crippen molar-refractivity contribution in [1.82, 2.24) is 0 Å². The van der Waals surface area contributed by atoms with Crippen LogP contribution in [0.25, 0.3) is 0 Å². The molecule has 0 aromatic heterocycles. The lowest BCUT2D eigenvalue weighted by atomic mass is 10.2. The van der Waals surface area contributed by atoms with Crippen molar-refractivity contribution in [2.45, 2.75) is 13.0 Å². The van der Waals surface area contributed by atoms with E-state index in [9.17, 15) is 9.59 Å². The molecule has 0 amide bonds. The van der Waals surface area contributed by atoms with Crippen LogP contribution in [-0.4, -0.2) is 35.5 Å². The van der Waals surface area contributed by atoms with E-state index < -0.39 is 6.10 Å². The highest BCUT2D eigenvalue weighted by Gasteiger charge is 1.83. The summed E-state index contributed by atoms with van der Waals surface area (Å²) in [5.41, 5.74) is 1.46. The fourth-order valence-corrected chi connectivity index (χ4v) is 1.06. The number of carbonyl (C=O) groups is 2. The van der Waals surface area contributed by atoms with Gasteiger partial charge < -0.3 is 10.2 Å². The van der Waals surface area contributed by atoms with Gasteiger partial charge in [0.1, 0.15) is 12.6 Å². The quantitative estimate of drug-likeness (QED) is 0.850. The second-order valence-corrected chi connectivity index (χ2v) is 4.09. The Bertz CT molecular complexity index is 437. The van der Waals surface area contributed by atoms with Crippen molar-refractivity contribution in [3.05, 3.63) is 71.8 Å². The second kappa shape index (κ2) is 12.7. The minimum Gasteiger partial charge on any atom is -0.394 e. The number of aliphatic hydroxyl groups is 2. The Morgan fingerprint density at radius 2 is 1.14 bits per heavy atom. The molecule has 0 bridgehead atoms. The first-order valence-electron chi connectivity index (χ1n) is 6.43. The molecule has 4 heteroatoms. The van der Waals surface area contributed by atoms with Gasteiger partial charge in [-0.1, -0.05) is 60.7 Å². The summed E-state index contributed by atoms with van der Waals surface area (Å²) in [7, 11) is 0. The summed E-state index contributed by atoms with van der Waals surface area (Å²) >= 11 is 0. The van der Waals surface area contributed by atoms with Crippen molar-refractivity contribution >= 4 is 12.6 Å². The lowest BCUT2D eigenvalue weighted by Gasteiger charge is -1.90. The van der Waals surface area contributed by atoms with E-state index >= 15 is 0 Å². The number of aldehydes is 2. The zero-order chi connectivity index (χ0) is 15.9. The van der Waals surface area contributed by atoms with Gasteiger partial charge in [0.15, 0.2) is 0 Å². The SMILES string of the molecule is CC(O)CO.O=Cc1ccccc1.O=Cc1ccccc1. The minimum atomic E-state index is -0.560. The van der Waals surface area contributed by atoms with Crippen LogP contribution >= 0.6 is 0 Å². The van der Waals surface area contributed by atoms with Gasteiger partial charge in [0, 0.05) is 11.1 Å². The van der Waals surface area contributed by atoms with Crippen LogP contribution in [0.4, 0.5) is 0 Å². The normalized spacial score (nSPS) is 10.0. The van der Waals surface area contributed by atoms with Gasteiger partial charge in [-0.25, -0.2) is 0 Å². The Morgan fingerprint density at radius 3 is 1.29 bits per heavy atom. The van der Waals surface area contributed by atoms with E-state index in [4.69, 9.17) is 10.2 Å². The average Bonchev–Trinajstić information content (AvgIpc) is 2.57. The lowest BCUT2D eigenvalue weighted by Crippen LogP contribution is -2.03. The summed E-state index contributed by atoms with van der Waals surface area (Å²) in [4.78, 5) is 20.0. The summed E-state index contributed by atoms with van der Waals surface area (Å²) in [5, 5.41) is 16.0. The van der Waals surface area contributed by atoms with Gasteiger partial charge in [-0.3, -0.25) is 9.59 Å². The van der Waals surface area contributed by atoms with Crippen LogP contribution in [0.15, 0.2) is 60.7 Å². The predicted octanol–water partition coefficient (Wildman–Crippen LogP) is 2.36. The molecule has 0 heterocycles. The Morgan fingerprint density at radius 1 is 0.857 bits per heavy atom. The smallest absolute Gasteiger partial charge is 0.150 e. The van der Waals surface area contributed by atoms with E-state index in [1.807, 2.05) is 36.4 Å². The van der Waals surface area contributed by atoms with Gasteiger partial charge in [0.05, 0.1) is 12.7 Å². The third-order valence-corrected chi connectivity index (χ3v) is 2.14. The van der Waals surface area contributed by atoms with Crippen molar-refractivity contribution < 1.29 is 19.8 Å². The Labute approximate surface area is 124 Å². The summed E-state index contributed by atoms with van der Waals surface area (Å²) in [5.74, 6) is 0. The van der Waals surface area contributed by atoms with Crippen molar-refractivity contribution in [3.8, 4) is 0 Å². The first-order valence-corrected chi connectivity index (χ1v) is 6.43. The molecule has 2 rings (SSSR count). The van der Waals surface area contributed by atoms with E-state index in [-0.39, 0.29) is 6.61 Å². The number of benzene rings is 2. The van der Waals surface area contributed by atoms with Crippen molar-refractivity contribution in [3.63, 3.8) is 0 Å². The number of aliphatic hydroxyl groups excluding tert-OH is 2. The molecule has 0 aliphatic heterocycles. The molecule has 0 saturated carbocycles. The molecule has 0 fully saturated rings. The Kier molecular flexibility index (Phi) is 11.3. The molecule has 0 radical (unpaired) electrons. The molecule has 21 heavy (non-hydrogen) atoms. The number of rotatable bonds is 3. The largest absolute Gasteiger partial charge is 0.394 e. The van der Waals surface area contributed by atoms with E-state index in [1.54, 1.807) is 24.3 Å². The van der Waals surface area contributed by atoms with Crippen LogP contribution in [0, 0.1) is 0 Å². The molecule has 2 N–H and O–H groups in total. The predicted molar refractivity (Wildman–Crippen MR) is 82.4 cm³/mol. The Hall–Kier alpha value is -2.30. The van der Waals surface area contributed by atoms with Gasteiger partial charge in [-0.05, 0) is 6.92 Å². The summed E-state index contributed by atoms with van der Waals surface area (Å²) in [6, 6.07) is 18.2. The maximum atomic E-state index is 10.0. The van der Waals surface area contributed by atoms with Crippen molar-refractivity contribution in [2.75, 3.05) is 6.61 Å². The molecular formula is C17H20O4. The first kappa shape index (κ1) is 18.7. The first-order chi connectivity index (χ1) is 10.1.